The highest BCUT2D eigenvalue weighted by Gasteiger charge is 2.15. The molecule has 5 nitrogen and oxygen atoms in total. The van der Waals surface area contributed by atoms with Crippen molar-refractivity contribution in [2.24, 2.45) is 0 Å². The van der Waals surface area contributed by atoms with Gasteiger partial charge in [0.1, 0.15) is 0 Å². The van der Waals surface area contributed by atoms with Crippen LogP contribution in [0, 0.1) is 6.92 Å². The minimum Gasteiger partial charge on any atom is -0.351 e. The molecule has 1 rings (SSSR count). The van der Waals surface area contributed by atoms with Crippen LogP contribution in [-0.4, -0.2) is 45.0 Å². The standard InChI is InChI=1S/C12H17BrN2O3S/c1-9-4-5-10(11(13)8-9)12(16)14-6-7-19(17,18)15(2)3/h4-5,8H,6-7H2,1-3H3,(H,14,16). The summed E-state index contributed by atoms with van der Waals surface area (Å²) in [5.41, 5.74) is 1.53. The molecule has 0 aliphatic rings. The molecular formula is C12H17BrN2O3S. The monoisotopic (exact) mass is 348 g/mol. The van der Waals surface area contributed by atoms with Crippen molar-refractivity contribution in [2.75, 3.05) is 26.4 Å². The number of halogens is 1. The molecule has 1 aromatic carbocycles. The van der Waals surface area contributed by atoms with E-state index in [1.165, 1.54) is 14.1 Å². The number of carbonyl (C=O) groups excluding carboxylic acids is 1. The van der Waals surface area contributed by atoms with E-state index in [1.54, 1.807) is 6.07 Å². The Morgan fingerprint density at radius 1 is 1.37 bits per heavy atom. The summed E-state index contributed by atoms with van der Waals surface area (Å²) in [5.74, 6) is -0.407. The van der Waals surface area contributed by atoms with Crippen molar-refractivity contribution in [3.8, 4) is 0 Å². The van der Waals surface area contributed by atoms with Gasteiger partial charge in [0.2, 0.25) is 10.0 Å². The van der Waals surface area contributed by atoms with Crippen LogP contribution in [0.25, 0.3) is 0 Å². The topological polar surface area (TPSA) is 66.5 Å². The Bertz CT molecular complexity index is 570. The molecule has 0 radical (unpaired) electrons. The van der Waals surface area contributed by atoms with Gasteiger partial charge >= 0.3 is 0 Å². The Labute approximate surface area is 122 Å². The molecule has 1 amide bonds. The number of nitrogens with one attached hydrogen (secondary N) is 1. The number of rotatable bonds is 5. The zero-order chi connectivity index (χ0) is 14.6. The van der Waals surface area contributed by atoms with Crippen LogP contribution >= 0.6 is 15.9 Å². The van der Waals surface area contributed by atoms with Crippen LogP contribution in [-0.2, 0) is 10.0 Å². The molecule has 0 aliphatic carbocycles. The first kappa shape index (κ1) is 16.1. The highest BCUT2D eigenvalue weighted by atomic mass is 79.9. The predicted octanol–water partition coefficient (Wildman–Crippen LogP) is 1.38. The van der Waals surface area contributed by atoms with E-state index in [1.807, 2.05) is 19.1 Å². The fourth-order valence-electron chi connectivity index (χ4n) is 1.38. The largest absolute Gasteiger partial charge is 0.351 e. The van der Waals surface area contributed by atoms with E-state index in [-0.39, 0.29) is 18.2 Å². The summed E-state index contributed by atoms with van der Waals surface area (Å²) in [6.45, 7) is 2.01. The van der Waals surface area contributed by atoms with Crippen LogP contribution in [0.3, 0.4) is 0 Å². The number of nitrogens with zero attached hydrogens (tertiary/aromatic N) is 1. The molecule has 0 heterocycles. The van der Waals surface area contributed by atoms with E-state index in [0.717, 1.165) is 9.87 Å². The van der Waals surface area contributed by atoms with Crippen LogP contribution in [0.1, 0.15) is 15.9 Å². The van der Waals surface area contributed by atoms with Crippen molar-refractivity contribution in [1.29, 1.82) is 0 Å². The first-order chi connectivity index (χ1) is 8.74. The van der Waals surface area contributed by atoms with E-state index < -0.39 is 10.0 Å². The number of sulfonamides is 1. The molecule has 0 bridgehead atoms. The number of amides is 1. The second-order valence-electron chi connectivity index (χ2n) is 4.34. The van der Waals surface area contributed by atoms with Crippen LogP contribution in [0.15, 0.2) is 22.7 Å². The number of benzene rings is 1. The predicted molar refractivity (Wildman–Crippen MR) is 78.7 cm³/mol. The molecule has 0 aromatic heterocycles. The van der Waals surface area contributed by atoms with E-state index in [4.69, 9.17) is 0 Å². The van der Waals surface area contributed by atoms with Gasteiger partial charge in [-0.3, -0.25) is 4.79 Å². The summed E-state index contributed by atoms with van der Waals surface area (Å²) < 4.78 is 24.9. The lowest BCUT2D eigenvalue weighted by Gasteiger charge is -2.12. The smallest absolute Gasteiger partial charge is 0.252 e. The SMILES string of the molecule is Cc1ccc(C(=O)NCCS(=O)(=O)N(C)C)c(Br)c1. The minimum atomic E-state index is -3.29. The highest BCUT2D eigenvalue weighted by Crippen LogP contribution is 2.18. The van der Waals surface area contributed by atoms with E-state index in [0.29, 0.717) is 10.0 Å². The van der Waals surface area contributed by atoms with Crippen molar-refractivity contribution in [2.45, 2.75) is 6.92 Å². The second kappa shape index (κ2) is 6.49. The quantitative estimate of drug-likeness (QED) is 0.873. The highest BCUT2D eigenvalue weighted by molar-refractivity contribution is 9.10. The van der Waals surface area contributed by atoms with Crippen LogP contribution < -0.4 is 5.32 Å². The van der Waals surface area contributed by atoms with Gasteiger partial charge in [-0.2, -0.15) is 0 Å². The Morgan fingerprint density at radius 3 is 2.53 bits per heavy atom. The first-order valence-electron chi connectivity index (χ1n) is 5.68. The van der Waals surface area contributed by atoms with Crippen LogP contribution in [0.5, 0.6) is 0 Å². The van der Waals surface area contributed by atoms with Crippen molar-refractivity contribution >= 4 is 31.9 Å². The molecule has 1 N–H and O–H groups in total. The van der Waals surface area contributed by atoms with Crippen LogP contribution in [0.2, 0.25) is 0 Å². The van der Waals surface area contributed by atoms with E-state index in [2.05, 4.69) is 21.2 Å². The lowest BCUT2D eigenvalue weighted by molar-refractivity contribution is 0.0955. The van der Waals surface area contributed by atoms with Gasteiger partial charge in [0.25, 0.3) is 5.91 Å². The average Bonchev–Trinajstić information content (AvgIpc) is 2.28. The molecule has 0 aliphatic heterocycles. The van der Waals surface area contributed by atoms with Gasteiger partial charge < -0.3 is 5.32 Å². The Balaban J connectivity index is 2.62. The van der Waals surface area contributed by atoms with Gasteiger partial charge in [0.05, 0.1) is 11.3 Å². The van der Waals surface area contributed by atoms with Gasteiger partial charge in [0.15, 0.2) is 0 Å². The lowest BCUT2D eigenvalue weighted by Crippen LogP contribution is -2.34. The summed E-state index contributed by atoms with van der Waals surface area (Å²) in [7, 11) is -0.354. The van der Waals surface area contributed by atoms with E-state index >= 15 is 0 Å². The van der Waals surface area contributed by atoms with Gasteiger partial charge in [-0.25, -0.2) is 12.7 Å². The fraction of sp³-hybridized carbons (Fsp3) is 0.417. The Hall–Kier alpha value is -0.920. The molecule has 1 aromatic rings. The number of carbonyl (C=O) groups is 1. The molecule has 19 heavy (non-hydrogen) atoms. The third-order valence-electron chi connectivity index (χ3n) is 2.57. The molecule has 106 valence electrons. The molecular weight excluding hydrogens is 332 g/mol. The van der Waals surface area contributed by atoms with E-state index in [9.17, 15) is 13.2 Å². The fourth-order valence-corrected chi connectivity index (χ4v) is 2.77. The molecule has 0 spiro atoms. The molecule has 0 saturated carbocycles. The van der Waals surface area contributed by atoms with Gasteiger partial charge in [0, 0.05) is 25.1 Å². The molecule has 7 heteroatoms. The summed E-state index contributed by atoms with van der Waals surface area (Å²) in [5, 5.41) is 2.60. The number of aryl methyl sites for hydroxylation is 1. The van der Waals surface area contributed by atoms with Crippen LogP contribution in [0.4, 0.5) is 0 Å². The summed E-state index contributed by atoms with van der Waals surface area (Å²) in [6, 6.07) is 5.37. The second-order valence-corrected chi connectivity index (χ2v) is 7.49. The molecule has 0 saturated heterocycles. The van der Waals surface area contributed by atoms with Crippen molar-refractivity contribution in [3.05, 3.63) is 33.8 Å². The molecule has 0 unspecified atom stereocenters. The molecule has 0 atom stereocenters. The summed E-state index contributed by atoms with van der Waals surface area (Å²) in [4.78, 5) is 11.9. The van der Waals surface area contributed by atoms with Gasteiger partial charge in [-0.15, -0.1) is 0 Å². The molecule has 0 fully saturated rings. The summed E-state index contributed by atoms with van der Waals surface area (Å²) >= 11 is 3.32. The maximum Gasteiger partial charge on any atom is 0.252 e. The average molecular weight is 349 g/mol. The lowest BCUT2D eigenvalue weighted by atomic mass is 10.1. The normalized spacial score (nSPS) is 11.6. The third-order valence-corrected chi connectivity index (χ3v) is 5.06. The minimum absolute atomic E-state index is 0.0830. The third kappa shape index (κ3) is 4.59. The zero-order valence-electron chi connectivity index (χ0n) is 11.1. The van der Waals surface area contributed by atoms with Crippen molar-refractivity contribution in [1.82, 2.24) is 9.62 Å². The van der Waals surface area contributed by atoms with Gasteiger partial charge in [-0.1, -0.05) is 6.07 Å². The maximum atomic E-state index is 11.9. The zero-order valence-corrected chi connectivity index (χ0v) is 13.5. The Morgan fingerprint density at radius 2 is 2.00 bits per heavy atom. The number of hydrogen-bond donors (Lipinski definition) is 1. The van der Waals surface area contributed by atoms with Gasteiger partial charge in [-0.05, 0) is 40.5 Å². The summed E-state index contributed by atoms with van der Waals surface area (Å²) in [6.07, 6.45) is 0. The first-order valence-corrected chi connectivity index (χ1v) is 8.09. The maximum absolute atomic E-state index is 11.9. The van der Waals surface area contributed by atoms with Crippen molar-refractivity contribution < 1.29 is 13.2 Å². The number of hydrogen-bond acceptors (Lipinski definition) is 3. The van der Waals surface area contributed by atoms with Crippen molar-refractivity contribution in [3.63, 3.8) is 0 Å². The Kier molecular flexibility index (Phi) is 5.51.